The second kappa shape index (κ2) is 5.21. The van der Waals surface area contributed by atoms with Crippen LogP contribution in [0.15, 0.2) is 18.5 Å². The lowest BCUT2D eigenvalue weighted by Gasteiger charge is -2.16. The number of hydrogen-bond acceptors (Lipinski definition) is 5. The van der Waals surface area contributed by atoms with Crippen LogP contribution in [-0.2, 0) is 0 Å². The number of hydrogen-bond donors (Lipinski definition) is 0. The lowest BCUT2D eigenvalue weighted by Crippen LogP contribution is -2.26. The van der Waals surface area contributed by atoms with Gasteiger partial charge in [0.05, 0.1) is 6.54 Å². The molecule has 0 aromatic carbocycles. The van der Waals surface area contributed by atoms with Crippen molar-refractivity contribution < 1.29 is 8.78 Å². The minimum Gasteiger partial charge on any atom is -0.338 e. The van der Waals surface area contributed by atoms with E-state index in [0.717, 1.165) is 0 Å². The van der Waals surface area contributed by atoms with Crippen molar-refractivity contribution in [2.45, 2.75) is 6.43 Å². The largest absolute Gasteiger partial charge is 0.338 e. The molecule has 96 valence electrons. The van der Waals surface area contributed by atoms with Gasteiger partial charge in [-0.3, -0.25) is 0 Å². The Balaban J connectivity index is 2.32. The number of anilines is 1. The number of alkyl halides is 2. The van der Waals surface area contributed by atoms with Gasteiger partial charge in [0, 0.05) is 19.4 Å². The summed E-state index contributed by atoms with van der Waals surface area (Å²) in [6.45, 7) is -0.487. The summed E-state index contributed by atoms with van der Waals surface area (Å²) in [6.07, 6.45) is 0.668. The molecule has 0 unspecified atom stereocenters. The molecule has 2 rings (SSSR count). The van der Waals surface area contributed by atoms with Gasteiger partial charge in [0.15, 0.2) is 0 Å². The topological polar surface area (TPSA) is 59.7 Å². The molecule has 0 saturated heterocycles. The highest BCUT2D eigenvalue weighted by Crippen LogP contribution is 2.12. The maximum absolute atomic E-state index is 12.3. The van der Waals surface area contributed by atoms with Gasteiger partial charge in [-0.05, 0) is 17.7 Å². The summed E-state index contributed by atoms with van der Waals surface area (Å²) in [4.78, 5) is 12.9. The summed E-state index contributed by atoms with van der Waals surface area (Å²) >= 11 is 5.73. The maximum atomic E-state index is 12.3. The van der Waals surface area contributed by atoms with Crippen LogP contribution in [0.5, 0.6) is 0 Å². The third-order valence-corrected chi connectivity index (χ3v) is 2.22. The minimum absolute atomic E-state index is 0.0702. The van der Waals surface area contributed by atoms with Gasteiger partial charge in [0.1, 0.15) is 0 Å². The Kier molecular flexibility index (Phi) is 3.66. The summed E-state index contributed by atoms with van der Waals surface area (Å²) in [7, 11) is 1.45. The lowest BCUT2D eigenvalue weighted by molar-refractivity contribution is 0.156. The molecular formula is C9H9ClF2N6. The quantitative estimate of drug-likeness (QED) is 0.844. The molecule has 18 heavy (non-hydrogen) atoms. The van der Waals surface area contributed by atoms with E-state index in [1.54, 1.807) is 18.5 Å². The van der Waals surface area contributed by atoms with E-state index in [1.165, 1.54) is 16.6 Å². The van der Waals surface area contributed by atoms with E-state index in [0.29, 0.717) is 0 Å². The highest BCUT2D eigenvalue weighted by atomic mass is 35.5. The highest BCUT2D eigenvalue weighted by molar-refractivity contribution is 6.28. The van der Waals surface area contributed by atoms with Crippen LogP contribution in [0.1, 0.15) is 0 Å². The highest BCUT2D eigenvalue weighted by Gasteiger charge is 2.14. The van der Waals surface area contributed by atoms with Gasteiger partial charge in [0.2, 0.25) is 11.2 Å². The first-order valence-corrected chi connectivity index (χ1v) is 5.35. The molecule has 6 nitrogen and oxygen atoms in total. The third-order valence-electron chi connectivity index (χ3n) is 2.05. The van der Waals surface area contributed by atoms with Crippen LogP contribution >= 0.6 is 11.6 Å². The van der Waals surface area contributed by atoms with E-state index in [9.17, 15) is 8.78 Å². The maximum Gasteiger partial charge on any atom is 0.256 e. The van der Waals surface area contributed by atoms with E-state index in [2.05, 4.69) is 20.1 Å². The van der Waals surface area contributed by atoms with E-state index in [-0.39, 0.29) is 17.2 Å². The van der Waals surface area contributed by atoms with Gasteiger partial charge in [-0.1, -0.05) is 0 Å². The second-order valence-electron chi connectivity index (χ2n) is 3.43. The van der Waals surface area contributed by atoms with Crippen molar-refractivity contribution in [2.24, 2.45) is 0 Å². The van der Waals surface area contributed by atoms with Gasteiger partial charge >= 0.3 is 0 Å². The first-order chi connectivity index (χ1) is 8.56. The Labute approximate surface area is 106 Å². The molecule has 0 atom stereocenters. The molecule has 0 bridgehead atoms. The predicted octanol–water partition coefficient (Wildman–Crippen LogP) is 1.41. The molecular weight excluding hydrogens is 266 g/mol. The first-order valence-electron chi connectivity index (χ1n) is 4.97. The second-order valence-corrected chi connectivity index (χ2v) is 3.76. The lowest BCUT2D eigenvalue weighted by atomic mass is 10.6. The molecule has 2 aromatic rings. The zero-order chi connectivity index (χ0) is 13.1. The normalized spacial score (nSPS) is 10.9. The van der Waals surface area contributed by atoms with Crippen molar-refractivity contribution in [1.29, 1.82) is 0 Å². The minimum atomic E-state index is -2.49. The molecule has 0 aliphatic carbocycles. The summed E-state index contributed by atoms with van der Waals surface area (Å²) in [5, 5.41) is 3.85. The standard InChI is InChI=1S/C9H9ClF2N6/c1-17(5-6(11)12)8-14-7(10)15-9(16-8)18-4-2-3-13-18/h2-4,6H,5H2,1H3. The van der Waals surface area contributed by atoms with E-state index < -0.39 is 13.0 Å². The number of rotatable bonds is 4. The summed E-state index contributed by atoms with van der Waals surface area (Å²) in [6, 6.07) is 1.68. The van der Waals surface area contributed by atoms with Crippen molar-refractivity contribution in [3.05, 3.63) is 23.7 Å². The number of halogens is 3. The van der Waals surface area contributed by atoms with Crippen LogP contribution in [0.4, 0.5) is 14.7 Å². The Morgan fingerprint density at radius 1 is 1.39 bits per heavy atom. The SMILES string of the molecule is CN(CC(F)F)c1nc(Cl)nc(-n2cccn2)n1. The number of nitrogens with zero attached hydrogens (tertiary/aromatic N) is 6. The summed E-state index contributed by atoms with van der Waals surface area (Å²) in [5.41, 5.74) is 0. The zero-order valence-corrected chi connectivity index (χ0v) is 10.1. The molecule has 0 spiro atoms. The Morgan fingerprint density at radius 3 is 2.78 bits per heavy atom. The van der Waals surface area contributed by atoms with Gasteiger partial charge in [-0.15, -0.1) is 0 Å². The predicted molar refractivity (Wildman–Crippen MR) is 61.2 cm³/mol. The third kappa shape index (κ3) is 2.89. The van der Waals surface area contributed by atoms with Gasteiger partial charge in [-0.25, -0.2) is 13.5 Å². The molecule has 0 saturated carbocycles. The van der Waals surface area contributed by atoms with Crippen molar-refractivity contribution in [2.75, 3.05) is 18.5 Å². The molecule has 0 amide bonds. The monoisotopic (exact) mass is 274 g/mol. The average molecular weight is 275 g/mol. The van der Waals surface area contributed by atoms with Crippen LogP contribution in [0.2, 0.25) is 5.28 Å². The molecule has 0 N–H and O–H groups in total. The Bertz CT molecular complexity index is 518. The number of aromatic nitrogens is 5. The fourth-order valence-corrected chi connectivity index (χ4v) is 1.43. The van der Waals surface area contributed by atoms with Crippen molar-refractivity contribution in [1.82, 2.24) is 24.7 Å². The molecule has 2 aromatic heterocycles. The molecule has 9 heteroatoms. The summed E-state index contributed by atoms with van der Waals surface area (Å²) < 4.78 is 25.9. The summed E-state index contributed by atoms with van der Waals surface area (Å²) in [5.74, 6) is 0.247. The zero-order valence-electron chi connectivity index (χ0n) is 9.33. The fraction of sp³-hybridized carbons (Fsp3) is 0.333. The van der Waals surface area contributed by atoms with Gasteiger partial charge in [0.25, 0.3) is 12.4 Å². The van der Waals surface area contributed by atoms with Crippen molar-refractivity contribution in [3.8, 4) is 5.95 Å². The smallest absolute Gasteiger partial charge is 0.256 e. The van der Waals surface area contributed by atoms with E-state index in [1.807, 2.05) is 0 Å². The molecule has 2 heterocycles. The van der Waals surface area contributed by atoms with Gasteiger partial charge < -0.3 is 4.90 Å². The van der Waals surface area contributed by atoms with Crippen molar-refractivity contribution in [3.63, 3.8) is 0 Å². The average Bonchev–Trinajstić information content (AvgIpc) is 2.80. The van der Waals surface area contributed by atoms with Crippen LogP contribution in [0.25, 0.3) is 5.95 Å². The fourth-order valence-electron chi connectivity index (χ4n) is 1.28. The van der Waals surface area contributed by atoms with E-state index >= 15 is 0 Å². The Hall–Kier alpha value is -1.83. The van der Waals surface area contributed by atoms with Crippen LogP contribution in [-0.4, -0.2) is 44.8 Å². The van der Waals surface area contributed by atoms with Crippen LogP contribution < -0.4 is 4.90 Å². The molecule has 0 radical (unpaired) electrons. The molecule has 0 aliphatic heterocycles. The molecule has 0 fully saturated rings. The van der Waals surface area contributed by atoms with E-state index in [4.69, 9.17) is 11.6 Å². The van der Waals surface area contributed by atoms with Gasteiger partial charge in [-0.2, -0.15) is 20.1 Å². The van der Waals surface area contributed by atoms with Crippen LogP contribution in [0.3, 0.4) is 0 Å². The van der Waals surface area contributed by atoms with Crippen LogP contribution in [0, 0.1) is 0 Å². The first kappa shape index (κ1) is 12.6. The van der Waals surface area contributed by atoms with Crippen molar-refractivity contribution >= 4 is 17.5 Å². The molecule has 0 aliphatic rings. The Morgan fingerprint density at radius 2 is 2.17 bits per heavy atom.